The monoisotopic (exact) mass is 285 g/mol. The van der Waals surface area contributed by atoms with Crippen molar-refractivity contribution in [1.29, 1.82) is 0 Å². The molecule has 0 amide bonds. The minimum absolute atomic E-state index is 0.443. The van der Waals surface area contributed by atoms with Gasteiger partial charge in [-0.15, -0.1) is 0 Å². The second-order valence-electron chi connectivity index (χ2n) is 4.30. The maximum atomic E-state index is 5.85. The Morgan fingerprint density at radius 3 is 2.90 bits per heavy atom. The van der Waals surface area contributed by atoms with E-state index in [4.69, 9.17) is 9.47 Å². The standard InChI is InChI=1S/C14H15N5O2/c1-3-15-14-17-12-11(8-16-19-12)13(18-14)21-10-6-4-5-9(7-10)20-2/h4-8H,3H2,1-2H3,(H2,15,16,17,18,19). The van der Waals surface area contributed by atoms with Crippen molar-refractivity contribution in [2.45, 2.75) is 6.92 Å². The molecule has 7 nitrogen and oxygen atoms in total. The van der Waals surface area contributed by atoms with Gasteiger partial charge in [0.25, 0.3) is 0 Å². The molecule has 0 spiro atoms. The molecule has 7 heteroatoms. The first-order chi connectivity index (χ1) is 10.3. The average Bonchev–Trinajstić information content (AvgIpc) is 2.96. The zero-order valence-corrected chi connectivity index (χ0v) is 11.8. The maximum absolute atomic E-state index is 5.85. The van der Waals surface area contributed by atoms with Gasteiger partial charge in [-0.2, -0.15) is 15.1 Å². The topological polar surface area (TPSA) is 85.0 Å². The van der Waals surface area contributed by atoms with E-state index in [0.29, 0.717) is 23.2 Å². The number of methoxy groups -OCH3 is 1. The van der Waals surface area contributed by atoms with Crippen molar-refractivity contribution in [2.75, 3.05) is 19.0 Å². The highest BCUT2D eigenvalue weighted by Crippen LogP contribution is 2.29. The molecule has 2 heterocycles. The summed E-state index contributed by atoms with van der Waals surface area (Å²) < 4.78 is 11.0. The fourth-order valence-corrected chi connectivity index (χ4v) is 1.90. The summed E-state index contributed by atoms with van der Waals surface area (Å²) in [7, 11) is 1.61. The van der Waals surface area contributed by atoms with Crippen molar-refractivity contribution in [3.05, 3.63) is 30.5 Å². The highest BCUT2D eigenvalue weighted by atomic mass is 16.5. The molecule has 0 aliphatic rings. The molecule has 108 valence electrons. The van der Waals surface area contributed by atoms with E-state index in [0.717, 1.165) is 17.7 Å². The van der Waals surface area contributed by atoms with E-state index in [2.05, 4.69) is 25.5 Å². The average molecular weight is 285 g/mol. The molecule has 0 saturated heterocycles. The van der Waals surface area contributed by atoms with E-state index in [-0.39, 0.29) is 0 Å². The lowest BCUT2D eigenvalue weighted by molar-refractivity contribution is 0.408. The SMILES string of the molecule is CCNc1nc(Oc2cccc(OC)c2)c2cn[nH]c2n1. The van der Waals surface area contributed by atoms with Crippen LogP contribution in [0.4, 0.5) is 5.95 Å². The number of benzene rings is 1. The van der Waals surface area contributed by atoms with Crippen molar-refractivity contribution in [1.82, 2.24) is 20.2 Å². The quantitative estimate of drug-likeness (QED) is 0.749. The summed E-state index contributed by atoms with van der Waals surface area (Å²) in [4.78, 5) is 8.68. The lowest BCUT2D eigenvalue weighted by Gasteiger charge is -2.09. The number of aromatic nitrogens is 4. The number of anilines is 1. The number of hydrogen-bond donors (Lipinski definition) is 2. The fourth-order valence-electron chi connectivity index (χ4n) is 1.90. The third kappa shape index (κ3) is 2.71. The van der Waals surface area contributed by atoms with Crippen LogP contribution in [0.25, 0.3) is 11.0 Å². The first-order valence-corrected chi connectivity index (χ1v) is 6.57. The predicted octanol–water partition coefficient (Wildman–Crippen LogP) is 2.59. The highest BCUT2D eigenvalue weighted by molar-refractivity contribution is 5.80. The first kappa shape index (κ1) is 13.2. The Labute approximate surface area is 121 Å². The number of aromatic amines is 1. The molecule has 0 aliphatic carbocycles. The Kier molecular flexibility index (Phi) is 3.55. The van der Waals surface area contributed by atoms with E-state index >= 15 is 0 Å². The Morgan fingerprint density at radius 2 is 2.10 bits per heavy atom. The fraction of sp³-hybridized carbons (Fsp3) is 0.214. The van der Waals surface area contributed by atoms with Crippen molar-refractivity contribution in [2.24, 2.45) is 0 Å². The largest absolute Gasteiger partial charge is 0.497 e. The van der Waals surface area contributed by atoms with Crippen LogP contribution >= 0.6 is 0 Å². The van der Waals surface area contributed by atoms with Gasteiger partial charge in [-0.3, -0.25) is 5.10 Å². The lowest BCUT2D eigenvalue weighted by atomic mass is 10.3. The second-order valence-corrected chi connectivity index (χ2v) is 4.30. The van der Waals surface area contributed by atoms with Crippen molar-refractivity contribution < 1.29 is 9.47 Å². The van der Waals surface area contributed by atoms with Gasteiger partial charge in [0, 0.05) is 12.6 Å². The molecule has 0 fully saturated rings. The zero-order chi connectivity index (χ0) is 14.7. The number of nitrogens with one attached hydrogen (secondary N) is 2. The normalized spacial score (nSPS) is 10.6. The molecule has 21 heavy (non-hydrogen) atoms. The summed E-state index contributed by atoms with van der Waals surface area (Å²) >= 11 is 0. The Hall–Kier alpha value is -2.83. The molecule has 3 aromatic rings. The van der Waals surface area contributed by atoms with Gasteiger partial charge in [0.2, 0.25) is 11.8 Å². The van der Waals surface area contributed by atoms with Gasteiger partial charge in [-0.25, -0.2) is 0 Å². The molecule has 1 aromatic carbocycles. The summed E-state index contributed by atoms with van der Waals surface area (Å²) in [5.74, 6) is 2.29. The maximum Gasteiger partial charge on any atom is 0.235 e. The number of nitrogens with zero attached hydrogens (tertiary/aromatic N) is 3. The molecular weight excluding hydrogens is 270 g/mol. The van der Waals surface area contributed by atoms with Crippen LogP contribution in [0.15, 0.2) is 30.5 Å². The van der Waals surface area contributed by atoms with Crippen LogP contribution in [0.1, 0.15) is 6.92 Å². The molecular formula is C14H15N5O2. The van der Waals surface area contributed by atoms with Gasteiger partial charge >= 0.3 is 0 Å². The molecule has 0 bridgehead atoms. The number of H-pyrrole nitrogens is 1. The van der Waals surface area contributed by atoms with Gasteiger partial charge in [0.15, 0.2) is 5.65 Å². The Balaban J connectivity index is 1.99. The third-order valence-corrected chi connectivity index (χ3v) is 2.87. The first-order valence-electron chi connectivity index (χ1n) is 6.57. The van der Waals surface area contributed by atoms with Crippen molar-refractivity contribution in [3.8, 4) is 17.4 Å². The predicted molar refractivity (Wildman–Crippen MR) is 78.9 cm³/mol. The van der Waals surface area contributed by atoms with Crippen molar-refractivity contribution in [3.63, 3.8) is 0 Å². The summed E-state index contributed by atoms with van der Waals surface area (Å²) in [5, 5.41) is 10.6. The summed E-state index contributed by atoms with van der Waals surface area (Å²) in [6.07, 6.45) is 1.64. The Bertz CT molecular complexity index is 756. The van der Waals surface area contributed by atoms with Gasteiger partial charge in [0.05, 0.1) is 13.3 Å². The van der Waals surface area contributed by atoms with E-state index in [1.807, 2.05) is 25.1 Å². The van der Waals surface area contributed by atoms with Gasteiger partial charge in [0.1, 0.15) is 16.9 Å². The summed E-state index contributed by atoms with van der Waals surface area (Å²) in [6.45, 7) is 2.70. The van der Waals surface area contributed by atoms with Crippen LogP contribution in [0.5, 0.6) is 17.4 Å². The Morgan fingerprint density at radius 1 is 1.24 bits per heavy atom. The van der Waals surface area contributed by atoms with Crippen LogP contribution in [-0.4, -0.2) is 33.8 Å². The van der Waals surface area contributed by atoms with Gasteiger partial charge < -0.3 is 14.8 Å². The number of hydrogen-bond acceptors (Lipinski definition) is 6. The highest BCUT2D eigenvalue weighted by Gasteiger charge is 2.11. The molecule has 0 saturated carbocycles. The van der Waals surface area contributed by atoms with E-state index in [1.165, 1.54) is 0 Å². The van der Waals surface area contributed by atoms with E-state index < -0.39 is 0 Å². The van der Waals surface area contributed by atoms with Crippen molar-refractivity contribution >= 4 is 17.0 Å². The van der Waals surface area contributed by atoms with Crippen LogP contribution in [-0.2, 0) is 0 Å². The zero-order valence-electron chi connectivity index (χ0n) is 11.8. The molecule has 0 radical (unpaired) electrons. The molecule has 2 aromatic heterocycles. The second kappa shape index (κ2) is 5.66. The lowest BCUT2D eigenvalue weighted by Crippen LogP contribution is -2.03. The third-order valence-electron chi connectivity index (χ3n) is 2.87. The smallest absolute Gasteiger partial charge is 0.235 e. The van der Waals surface area contributed by atoms with E-state index in [1.54, 1.807) is 19.4 Å². The van der Waals surface area contributed by atoms with Gasteiger partial charge in [-0.05, 0) is 19.1 Å². The van der Waals surface area contributed by atoms with Crippen LogP contribution in [0, 0.1) is 0 Å². The van der Waals surface area contributed by atoms with Gasteiger partial charge in [-0.1, -0.05) is 6.07 Å². The molecule has 0 aliphatic heterocycles. The molecule has 0 unspecified atom stereocenters. The summed E-state index contributed by atoms with van der Waals surface area (Å²) in [5.41, 5.74) is 0.624. The minimum atomic E-state index is 0.443. The number of fused-ring (bicyclic) bond motifs is 1. The molecule has 3 rings (SSSR count). The minimum Gasteiger partial charge on any atom is -0.497 e. The number of ether oxygens (including phenoxy) is 2. The van der Waals surface area contributed by atoms with Crippen LogP contribution in [0.2, 0.25) is 0 Å². The van der Waals surface area contributed by atoms with E-state index in [9.17, 15) is 0 Å². The van der Waals surface area contributed by atoms with Crippen LogP contribution in [0.3, 0.4) is 0 Å². The summed E-state index contributed by atoms with van der Waals surface area (Å²) in [6, 6.07) is 7.34. The number of rotatable bonds is 5. The molecule has 2 N–H and O–H groups in total. The van der Waals surface area contributed by atoms with Crippen LogP contribution < -0.4 is 14.8 Å². The molecule has 0 atom stereocenters.